The second kappa shape index (κ2) is 6.79. The third-order valence-corrected chi connectivity index (χ3v) is 3.64. The number of carbonyl (C=O) groups is 2. The number of Topliss-reactive ketones (excluding diaryl/α,β-unsaturated/α-hetero) is 1. The first kappa shape index (κ1) is 16.3. The molecule has 0 radical (unpaired) electrons. The van der Waals surface area contributed by atoms with E-state index in [-0.39, 0.29) is 30.5 Å². The molecule has 1 unspecified atom stereocenters. The molecule has 1 aromatic rings. The van der Waals surface area contributed by atoms with Crippen molar-refractivity contribution in [1.82, 2.24) is 5.01 Å². The summed E-state index contributed by atoms with van der Waals surface area (Å²) in [6.45, 7) is 4.39. The van der Waals surface area contributed by atoms with Crippen molar-refractivity contribution in [2.45, 2.75) is 26.3 Å². The quantitative estimate of drug-likeness (QED) is 0.509. The van der Waals surface area contributed by atoms with E-state index in [9.17, 15) is 9.59 Å². The van der Waals surface area contributed by atoms with Crippen LogP contribution >= 0.6 is 11.6 Å². The number of benzene rings is 1. The highest BCUT2D eigenvalue weighted by molar-refractivity contribution is 6.48. The third-order valence-electron chi connectivity index (χ3n) is 3.40. The number of hydrazone groups is 1. The molecule has 1 atom stereocenters. The lowest BCUT2D eigenvalue weighted by Gasteiger charge is -2.19. The molecule has 1 heterocycles. The Kier molecular flexibility index (Phi) is 5.03. The van der Waals surface area contributed by atoms with E-state index in [1.54, 1.807) is 24.1 Å². The Hall–Kier alpha value is -2.08. The minimum atomic E-state index is -0.565. The highest BCUT2D eigenvalue weighted by Crippen LogP contribution is 2.23. The van der Waals surface area contributed by atoms with Gasteiger partial charge in [-0.25, -0.2) is 4.79 Å². The van der Waals surface area contributed by atoms with Crippen LogP contribution in [0.5, 0.6) is 0 Å². The zero-order valence-corrected chi connectivity index (χ0v) is 13.3. The van der Waals surface area contributed by atoms with Crippen LogP contribution in [-0.4, -0.2) is 41.7 Å². The first-order chi connectivity index (χ1) is 10.5. The lowest BCUT2D eigenvalue weighted by molar-refractivity contribution is -0.148. The highest BCUT2D eigenvalue weighted by atomic mass is 35.5. The van der Waals surface area contributed by atoms with Crippen molar-refractivity contribution in [2.24, 2.45) is 5.10 Å². The van der Waals surface area contributed by atoms with E-state index >= 15 is 0 Å². The van der Waals surface area contributed by atoms with Gasteiger partial charge in [-0.05, 0) is 32.0 Å². The molecule has 2 rings (SSSR count). The molecule has 0 bridgehead atoms. The number of anilines is 1. The fourth-order valence-corrected chi connectivity index (χ4v) is 2.48. The molecule has 1 aromatic carbocycles. The van der Waals surface area contributed by atoms with Crippen molar-refractivity contribution < 1.29 is 14.3 Å². The smallest absolute Gasteiger partial charge is 0.330 e. The number of carbonyl (C=O) groups excluding carboxylic acids is 2. The van der Waals surface area contributed by atoms with Crippen LogP contribution in [0.1, 0.15) is 30.6 Å². The van der Waals surface area contributed by atoms with Crippen LogP contribution in [0.25, 0.3) is 0 Å². The molecule has 1 aliphatic rings. The van der Waals surface area contributed by atoms with Crippen LogP contribution in [0.15, 0.2) is 23.3 Å². The van der Waals surface area contributed by atoms with E-state index in [0.717, 1.165) is 0 Å². The zero-order valence-electron chi connectivity index (χ0n) is 12.5. The first-order valence-electron chi connectivity index (χ1n) is 7.08. The van der Waals surface area contributed by atoms with Crippen LogP contribution in [0, 0.1) is 0 Å². The van der Waals surface area contributed by atoms with E-state index in [0.29, 0.717) is 22.8 Å². The van der Waals surface area contributed by atoms with Gasteiger partial charge in [0.15, 0.2) is 0 Å². The maximum Gasteiger partial charge on any atom is 0.330 e. The summed E-state index contributed by atoms with van der Waals surface area (Å²) in [6, 6.07) is 4.13. The minimum absolute atomic E-state index is 0.206. The average molecular weight is 324 g/mol. The molecule has 0 spiro atoms. The molecule has 0 saturated heterocycles. The number of nitrogens with two attached hydrogens (primary N) is 1. The molecule has 0 aromatic heterocycles. The van der Waals surface area contributed by atoms with E-state index in [1.807, 2.05) is 6.92 Å². The van der Waals surface area contributed by atoms with Crippen LogP contribution in [0.4, 0.5) is 5.69 Å². The lowest BCUT2D eigenvalue weighted by Crippen LogP contribution is -2.35. The van der Waals surface area contributed by atoms with Gasteiger partial charge in [-0.1, -0.05) is 11.6 Å². The Labute approximate surface area is 133 Å². The molecule has 6 nitrogen and oxygen atoms in total. The maximum absolute atomic E-state index is 12.6. The standard InChI is InChI=1S/C15H18ClN3O3/c1-3-19-13(15(21)22-4-2)8-12(18-19)14(20)10-7-9(16)5-6-11(10)17/h5-7,13H,3-4,8,17H2,1-2H3. The highest BCUT2D eigenvalue weighted by Gasteiger charge is 2.36. The predicted molar refractivity (Wildman–Crippen MR) is 85.0 cm³/mol. The molecule has 7 heteroatoms. The van der Waals surface area contributed by atoms with Gasteiger partial charge < -0.3 is 10.5 Å². The minimum Gasteiger partial charge on any atom is -0.464 e. The number of nitrogens with zero attached hydrogens (tertiary/aromatic N) is 2. The second-order valence-corrected chi connectivity index (χ2v) is 5.27. The number of rotatable bonds is 5. The van der Waals surface area contributed by atoms with Gasteiger partial charge in [0.2, 0.25) is 5.78 Å². The van der Waals surface area contributed by atoms with Gasteiger partial charge >= 0.3 is 5.97 Å². The average Bonchev–Trinajstić information content (AvgIpc) is 2.93. The summed E-state index contributed by atoms with van der Waals surface area (Å²) >= 11 is 5.91. The summed E-state index contributed by atoms with van der Waals surface area (Å²) in [5.41, 5.74) is 6.74. The number of ether oxygens (including phenoxy) is 1. The molecule has 0 fully saturated rings. The summed E-state index contributed by atoms with van der Waals surface area (Å²) in [5, 5.41) is 6.22. The second-order valence-electron chi connectivity index (χ2n) is 4.84. The van der Waals surface area contributed by atoms with Crippen LogP contribution < -0.4 is 5.73 Å². The number of likely N-dealkylation sites (N-methyl/N-ethyl adjacent to an activating group) is 1. The van der Waals surface area contributed by atoms with Crippen molar-refractivity contribution in [3.05, 3.63) is 28.8 Å². The fourth-order valence-electron chi connectivity index (χ4n) is 2.31. The van der Waals surface area contributed by atoms with Crippen LogP contribution in [0.2, 0.25) is 5.02 Å². The van der Waals surface area contributed by atoms with Crippen molar-refractivity contribution in [3.63, 3.8) is 0 Å². The molecular weight excluding hydrogens is 306 g/mol. The number of hydrogen-bond donors (Lipinski definition) is 1. The zero-order chi connectivity index (χ0) is 16.3. The summed E-state index contributed by atoms with van der Waals surface area (Å²) in [7, 11) is 0. The molecule has 2 N–H and O–H groups in total. The molecular formula is C15H18ClN3O3. The predicted octanol–water partition coefficient (Wildman–Crippen LogP) is 2.12. The van der Waals surface area contributed by atoms with E-state index in [4.69, 9.17) is 22.1 Å². The lowest BCUT2D eigenvalue weighted by atomic mass is 10.0. The van der Waals surface area contributed by atoms with Gasteiger partial charge in [-0.3, -0.25) is 9.80 Å². The third kappa shape index (κ3) is 3.22. The van der Waals surface area contributed by atoms with Crippen molar-refractivity contribution in [2.75, 3.05) is 18.9 Å². The van der Waals surface area contributed by atoms with Crippen LogP contribution in [0.3, 0.4) is 0 Å². The summed E-state index contributed by atoms with van der Waals surface area (Å²) in [6.07, 6.45) is 0.206. The topological polar surface area (TPSA) is 85.0 Å². The first-order valence-corrected chi connectivity index (χ1v) is 7.46. The Morgan fingerprint density at radius 2 is 2.18 bits per heavy atom. The normalized spacial score (nSPS) is 17.3. The summed E-state index contributed by atoms with van der Waals surface area (Å²) in [4.78, 5) is 24.5. The molecule has 22 heavy (non-hydrogen) atoms. The monoisotopic (exact) mass is 323 g/mol. The molecule has 1 aliphatic heterocycles. The van der Waals surface area contributed by atoms with Crippen LogP contribution in [-0.2, 0) is 9.53 Å². The fraction of sp³-hybridized carbons (Fsp3) is 0.400. The van der Waals surface area contributed by atoms with Gasteiger partial charge in [0.1, 0.15) is 11.8 Å². The Morgan fingerprint density at radius 1 is 1.45 bits per heavy atom. The molecule has 0 aliphatic carbocycles. The maximum atomic E-state index is 12.6. The molecule has 0 amide bonds. The molecule has 118 valence electrons. The molecule has 0 saturated carbocycles. The Bertz CT molecular complexity index is 630. The van der Waals surface area contributed by atoms with E-state index in [2.05, 4.69) is 5.10 Å². The largest absolute Gasteiger partial charge is 0.464 e. The Morgan fingerprint density at radius 3 is 2.82 bits per heavy atom. The Balaban J connectivity index is 2.24. The number of halogens is 1. The number of ketones is 1. The van der Waals surface area contributed by atoms with Gasteiger partial charge in [0.25, 0.3) is 0 Å². The van der Waals surface area contributed by atoms with Crippen molar-refractivity contribution >= 4 is 34.8 Å². The number of esters is 1. The summed E-state index contributed by atoms with van der Waals surface area (Å²) in [5.74, 6) is -0.694. The number of hydrogen-bond acceptors (Lipinski definition) is 6. The van der Waals surface area contributed by atoms with Gasteiger partial charge in [-0.15, -0.1) is 0 Å². The van der Waals surface area contributed by atoms with E-state index < -0.39 is 6.04 Å². The summed E-state index contributed by atoms with van der Waals surface area (Å²) < 4.78 is 5.02. The number of nitrogen functional groups attached to an aromatic ring is 1. The van der Waals surface area contributed by atoms with Crippen molar-refractivity contribution in [3.8, 4) is 0 Å². The van der Waals surface area contributed by atoms with Gasteiger partial charge in [-0.2, -0.15) is 5.10 Å². The van der Waals surface area contributed by atoms with E-state index in [1.165, 1.54) is 6.07 Å². The van der Waals surface area contributed by atoms with Gasteiger partial charge in [0.05, 0.1) is 6.61 Å². The van der Waals surface area contributed by atoms with Crippen molar-refractivity contribution in [1.29, 1.82) is 0 Å². The van der Waals surface area contributed by atoms with Gasteiger partial charge in [0, 0.05) is 29.2 Å². The SMILES string of the molecule is CCOC(=O)C1CC(C(=O)c2cc(Cl)ccc2N)=NN1CC.